The zero-order valence-electron chi connectivity index (χ0n) is 21.9. The summed E-state index contributed by atoms with van der Waals surface area (Å²) in [5, 5.41) is 9.98. The van der Waals surface area contributed by atoms with Gasteiger partial charge in [-0.2, -0.15) is 0 Å². The first-order valence-electron chi connectivity index (χ1n) is 12.6. The highest BCUT2D eigenvalue weighted by molar-refractivity contribution is 8.76. The molecule has 13 heteroatoms. The molecule has 0 fully saturated rings. The molecule has 4 heterocycles. The van der Waals surface area contributed by atoms with Crippen LogP contribution < -0.4 is 10.6 Å². The molecule has 2 aliphatic rings. The van der Waals surface area contributed by atoms with Gasteiger partial charge in [0.15, 0.2) is 0 Å². The molecule has 0 saturated heterocycles. The van der Waals surface area contributed by atoms with E-state index in [-0.39, 0.29) is 30.7 Å². The summed E-state index contributed by atoms with van der Waals surface area (Å²) in [6.07, 6.45) is 5.35. The highest BCUT2D eigenvalue weighted by Crippen LogP contribution is 2.32. The quantitative estimate of drug-likeness (QED) is 0.206. The molecule has 1 unspecified atom stereocenters. The number of aliphatic imine (C=N–C) groups is 1. The lowest BCUT2D eigenvalue weighted by molar-refractivity contribution is -0.153. The number of allylic oxidation sites excluding steroid dienone is 1. The number of esters is 1. The lowest BCUT2D eigenvalue weighted by Crippen LogP contribution is -2.53. The van der Waals surface area contributed by atoms with Crippen molar-refractivity contribution in [3.8, 4) is 0 Å². The Kier molecular flexibility index (Phi) is 10.5. The first kappa shape index (κ1) is 29.6. The lowest BCUT2D eigenvalue weighted by atomic mass is 10.0. The zero-order valence-corrected chi connectivity index (χ0v) is 25.2. The van der Waals surface area contributed by atoms with E-state index in [0.29, 0.717) is 16.5 Å². The van der Waals surface area contributed by atoms with Crippen LogP contribution in [0.3, 0.4) is 0 Å². The van der Waals surface area contributed by atoms with Crippen molar-refractivity contribution in [1.82, 2.24) is 20.6 Å². The number of thiazole rings is 1. The number of hydrogen-bond donors (Lipinski definition) is 2. The monoisotopic (exact) mass is 605 g/mol. The Morgan fingerprint density at radius 2 is 2.13 bits per heavy atom. The third-order valence-electron chi connectivity index (χ3n) is 5.90. The average Bonchev–Trinajstić information content (AvgIpc) is 3.55. The predicted molar refractivity (Wildman–Crippen MR) is 159 cm³/mol. The van der Waals surface area contributed by atoms with Gasteiger partial charge >= 0.3 is 5.97 Å². The van der Waals surface area contributed by atoms with Gasteiger partial charge in [0.25, 0.3) is 0 Å². The van der Waals surface area contributed by atoms with E-state index in [1.807, 2.05) is 43.5 Å². The van der Waals surface area contributed by atoms with Crippen molar-refractivity contribution in [1.29, 1.82) is 0 Å². The summed E-state index contributed by atoms with van der Waals surface area (Å²) >= 11 is 2.88. The topological polar surface area (TPSA) is 123 Å². The number of carbonyl (C=O) groups excluding carboxylic acids is 3. The number of aromatic nitrogens is 2. The van der Waals surface area contributed by atoms with Crippen LogP contribution in [0.2, 0.25) is 0 Å². The second kappa shape index (κ2) is 13.8. The zero-order chi connectivity index (χ0) is 27.8. The molecule has 208 valence electrons. The van der Waals surface area contributed by atoms with Crippen LogP contribution in [0, 0.1) is 5.92 Å². The van der Waals surface area contributed by atoms with Crippen LogP contribution in [0.25, 0.3) is 0 Å². The molecule has 0 radical (unpaired) electrons. The number of rotatable bonds is 7. The first-order valence-corrected chi connectivity index (χ1v) is 16.7. The fourth-order valence-electron chi connectivity index (χ4n) is 3.69. The molecule has 9 nitrogen and oxygen atoms in total. The first-order chi connectivity index (χ1) is 18.7. The van der Waals surface area contributed by atoms with E-state index in [4.69, 9.17) is 4.74 Å². The van der Waals surface area contributed by atoms with E-state index < -0.39 is 23.7 Å². The summed E-state index contributed by atoms with van der Waals surface area (Å²) in [7, 11) is 3.27. The molecule has 4 rings (SSSR count). The molecular formula is C26H31N5O4S4. The van der Waals surface area contributed by atoms with Gasteiger partial charge in [0, 0.05) is 23.1 Å². The Bertz CT molecular complexity index is 1240. The van der Waals surface area contributed by atoms with Gasteiger partial charge in [-0.3, -0.25) is 14.6 Å². The van der Waals surface area contributed by atoms with Crippen LogP contribution in [-0.2, 0) is 25.7 Å². The van der Waals surface area contributed by atoms with E-state index in [9.17, 15) is 14.4 Å². The van der Waals surface area contributed by atoms with Crippen molar-refractivity contribution in [2.75, 3.05) is 11.5 Å². The summed E-state index contributed by atoms with van der Waals surface area (Å²) in [6.45, 7) is 5.71. The Balaban J connectivity index is 1.46. The second-order valence-electron chi connectivity index (χ2n) is 9.55. The van der Waals surface area contributed by atoms with Crippen LogP contribution >= 0.6 is 44.7 Å². The van der Waals surface area contributed by atoms with E-state index in [0.717, 1.165) is 22.2 Å². The number of fused-ring (bicyclic) bond motifs is 4. The standard InChI is InChI=1S/C26H31N5O4S4/c1-16(2)22-24(33)35-17(8-5-7-11-38-39-20-9-4-6-10-27-20)12-19(32)28-13-21-29-18(14-36-21)23-31-26(3,15-37-23)25(34)30-22/h4-6,8-10,14,16-17,22H,7,11-13,15H2,1-3H3,(H,28,32)(H,30,34)/b8-5+/t17-,22?,26+/m1/s1. The summed E-state index contributed by atoms with van der Waals surface area (Å²) in [5.74, 6) is -0.127. The number of pyridine rings is 1. The van der Waals surface area contributed by atoms with E-state index in [1.165, 1.54) is 23.1 Å². The summed E-state index contributed by atoms with van der Waals surface area (Å²) in [4.78, 5) is 52.8. The molecule has 2 aliphatic heterocycles. The predicted octanol–water partition coefficient (Wildman–Crippen LogP) is 4.25. The van der Waals surface area contributed by atoms with Crippen LogP contribution in [0.4, 0.5) is 0 Å². The van der Waals surface area contributed by atoms with Crippen LogP contribution in [0.1, 0.15) is 44.3 Å². The summed E-state index contributed by atoms with van der Waals surface area (Å²) < 4.78 is 5.78. The van der Waals surface area contributed by atoms with E-state index in [2.05, 4.69) is 25.6 Å². The van der Waals surface area contributed by atoms with Crippen LogP contribution in [0.15, 0.2) is 51.9 Å². The smallest absolute Gasteiger partial charge is 0.329 e. The van der Waals surface area contributed by atoms with Gasteiger partial charge in [-0.15, -0.1) is 23.1 Å². The summed E-state index contributed by atoms with van der Waals surface area (Å²) in [5.41, 5.74) is -0.329. The maximum Gasteiger partial charge on any atom is 0.329 e. The lowest BCUT2D eigenvalue weighted by Gasteiger charge is -2.27. The maximum atomic E-state index is 13.3. The van der Waals surface area contributed by atoms with Crippen LogP contribution in [-0.4, -0.2) is 62.0 Å². The molecule has 2 aromatic heterocycles. The third-order valence-corrected chi connectivity index (χ3v) is 10.3. The number of amides is 2. The highest BCUT2D eigenvalue weighted by atomic mass is 33.1. The van der Waals surface area contributed by atoms with Gasteiger partial charge in [0.1, 0.15) is 38.5 Å². The maximum absolute atomic E-state index is 13.3. The molecule has 2 amide bonds. The highest BCUT2D eigenvalue weighted by Gasteiger charge is 2.41. The second-order valence-corrected chi connectivity index (χ2v) is 13.9. The Morgan fingerprint density at radius 1 is 1.28 bits per heavy atom. The number of ether oxygens (including phenoxy) is 1. The van der Waals surface area contributed by atoms with Gasteiger partial charge in [-0.05, 0) is 48.3 Å². The SMILES string of the molecule is CC(C)C1NC(=O)[C@]2(C)CSC(=N2)c2csc(n2)CNC(=O)C[C@@H](/C=C/CCSSc2ccccn2)OC1=O. The molecule has 0 spiro atoms. The Hall–Kier alpha value is -2.35. The fourth-order valence-corrected chi connectivity index (χ4v) is 7.49. The number of hydrogen-bond acceptors (Lipinski definition) is 11. The van der Waals surface area contributed by atoms with Gasteiger partial charge in [0.05, 0.1) is 13.0 Å². The fraction of sp³-hybridized carbons (Fsp3) is 0.462. The molecule has 2 N–H and O–H groups in total. The van der Waals surface area contributed by atoms with E-state index >= 15 is 0 Å². The number of carbonyl (C=O) groups is 3. The molecule has 4 bridgehead atoms. The molecular weight excluding hydrogens is 575 g/mol. The molecule has 39 heavy (non-hydrogen) atoms. The molecule has 2 aromatic rings. The van der Waals surface area contributed by atoms with Gasteiger partial charge in [-0.25, -0.2) is 14.8 Å². The minimum Gasteiger partial charge on any atom is -0.456 e. The number of cyclic esters (lactones) is 1. The third kappa shape index (κ3) is 8.32. The van der Waals surface area contributed by atoms with E-state index in [1.54, 1.807) is 40.8 Å². The average molecular weight is 606 g/mol. The van der Waals surface area contributed by atoms with Crippen molar-refractivity contribution in [3.05, 3.63) is 52.6 Å². The Labute approximate surface area is 244 Å². The largest absolute Gasteiger partial charge is 0.456 e. The molecule has 0 saturated carbocycles. The minimum absolute atomic E-state index is 0.0324. The molecule has 3 atom stereocenters. The van der Waals surface area contributed by atoms with Crippen molar-refractivity contribution in [2.24, 2.45) is 10.9 Å². The van der Waals surface area contributed by atoms with Crippen molar-refractivity contribution in [3.63, 3.8) is 0 Å². The molecule has 0 aromatic carbocycles. The van der Waals surface area contributed by atoms with Gasteiger partial charge < -0.3 is 15.4 Å². The normalized spacial score (nSPS) is 24.4. The van der Waals surface area contributed by atoms with Gasteiger partial charge in [-0.1, -0.05) is 36.8 Å². The van der Waals surface area contributed by atoms with Crippen LogP contribution in [0.5, 0.6) is 0 Å². The minimum atomic E-state index is -1.02. The van der Waals surface area contributed by atoms with Crippen molar-refractivity contribution < 1.29 is 19.1 Å². The summed E-state index contributed by atoms with van der Waals surface area (Å²) in [6, 6.07) is 4.91. The number of nitrogens with zero attached hydrogens (tertiary/aromatic N) is 3. The Morgan fingerprint density at radius 3 is 2.90 bits per heavy atom. The number of nitrogens with one attached hydrogen (secondary N) is 2. The number of thioether (sulfide) groups is 1. The molecule has 0 aliphatic carbocycles. The van der Waals surface area contributed by atoms with Crippen molar-refractivity contribution >= 4 is 67.5 Å². The van der Waals surface area contributed by atoms with Gasteiger partial charge in [0.2, 0.25) is 11.8 Å². The van der Waals surface area contributed by atoms with Crippen molar-refractivity contribution in [2.45, 2.75) is 62.9 Å².